The van der Waals surface area contributed by atoms with Crippen LogP contribution in [0.2, 0.25) is 0 Å². The number of nitrogens with one attached hydrogen (secondary N) is 3. The van der Waals surface area contributed by atoms with Crippen LogP contribution in [0.5, 0.6) is 0 Å². The molecule has 3 heterocycles. The zero-order valence-electron chi connectivity index (χ0n) is 10.3. The largest absolute Gasteiger partial charge is 0.369 e. The molecule has 0 bridgehead atoms. The van der Waals surface area contributed by atoms with Gasteiger partial charge in [0.25, 0.3) is 5.56 Å². The summed E-state index contributed by atoms with van der Waals surface area (Å²) in [6.07, 6.45) is 0.829. The van der Waals surface area contributed by atoms with E-state index < -0.39 is 6.23 Å². The Kier molecular flexibility index (Phi) is 3.19. The molecule has 1 aromatic rings. The Balaban J connectivity index is 2.05. The highest BCUT2D eigenvalue weighted by molar-refractivity contribution is 7.88. The van der Waals surface area contributed by atoms with Crippen LogP contribution in [-0.2, 0) is 4.74 Å². The SMILES string of the molecule is C=CC1OC2Nc3nc(N)[nH]c(=O)c3NC2C(S)=C1S. The van der Waals surface area contributed by atoms with Crippen LogP contribution in [0.15, 0.2) is 27.3 Å². The van der Waals surface area contributed by atoms with E-state index in [9.17, 15) is 4.79 Å². The molecule has 106 valence electrons. The highest BCUT2D eigenvalue weighted by Gasteiger charge is 2.39. The van der Waals surface area contributed by atoms with Crippen molar-refractivity contribution in [1.29, 1.82) is 0 Å². The van der Waals surface area contributed by atoms with Gasteiger partial charge in [0.1, 0.15) is 17.8 Å². The average molecular weight is 311 g/mol. The van der Waals surface area contributed by atoms with Crippen molar-refractivity contribution in [2.45, 2.75) is 18.4 Å². The Morgan fingerprint density at radius 2 is 2.10 bits per heavy atom. The Morgan fingerprint density at radius 1 is 1.35 bits per heavy atom. The van der Waals surface area contributed by atoms with E-state index in [1.54, 1.807) is 6.08 Å². The standard InChI is InChI=1S/C11H13N5O2S2/c1-2-3-6(19)7(20)4-10(18-3)14-8-5(13-4)9(17)16-11(12)15-8/h2-4,10,13,19-20H,1H2,(H4,12,14,15,16,17). The van der Waals surface area contributed by atoms with E-state index in [1.165, 1.54) is 0 Å². The molecule has 0 saturated heterocycles. The van der Waals surface area contributed by atoms with Crippen molar-refractivity contribution in [2.75, 3.05) is 16.4 Å². The number of nitrogen functional groups attached to an aromatic ring is 1. The lowest BCUT2D eigenvalue weighted by Crippen LogP contribution is -2.51. The van der Waals surface area contributed by atoms with Crippen molar-refractivity contribution in [1.82, 2.24) is 9.97 Å². The molecule has 1 aromatic heterocycles. The van der Waals surface area contributed by atoms with Crippen LogP contribution >= 0.6 is 25.3 Å². The first-order chi connectivity index (χ1) is 9.51. The fourth-order valence-corrected chi connectivity index (χ4v) is 2.83. The first-order valence-corrected chi connectivity index (χ1v) is 6.73. The third-order valence-electron chi connectivity index (χ3n) is 3.15. The first-order valence-electron chi connectivity index (χ1n) is 5.84. The Bertz CT molecular complexity index is 671. The lowest BCUT2D eigenvalue weighted by atomic mass is 10.1. The average Bonchev–Trinajstić information content (AvgIpc) is 2.41. The predicted octanol–water partition coefficient (Wildman–Crippen LogP) is 0.540. The number of hydrogen-bond acceptors (Lipinski definition) is 8. The normalized spacial score (nSPS) is 28.0. The molecular weight excluding hydrogens is 298 g/mol. The number of hydrogen-bond donors (Lipinski definition) is 6. The van der Waals surface area contributed by atoms with Gasteiger partial charge in [0.15, 0.2) is 12.0 Å². The summed E-state index contributed by atoms with van der Waals surface area (Å²) in [6.45, 7) is 3.70. The van der Waals surface area contributed by atoms with E-state index in [4.69, 9.17) is 10.5 Å². The van der Waals surface area contributed by atoms with Gasteiger partial charge in [-0.05, 0) is 0 Å². The van der Waals surface area contributed by atoms with Crippen molar-refractivity contribution in [2.24, 2.45) is 0 Å². The molecule has 0 spiro atoms. The maximum atomic E-state index is 11.9. The van der Waals surface area contributed by atoms with Crippen molar-refractivity contribution in [3.05, 3.63) is 32.8 Å². The number of aromatic nitrogens is 2. The van der Waals surface area contributed by atoms with Gasteiger partial charge in [-0.3, -0.25) is 9.78 Å². The van der Waals surface area contributed by atoms with Gasteiger partial charge in [-0.2, -0.15) is 4.98 Å². The first kappa shape index (κ1) is 13.4. The quantitative estimate of drug-likeness (QED) is 0.334. The number of fused-ring (bicyclic) bond motifs is 2. The molecule has 2 aliphatic heterocycles. The summed E-state index contributed by atoms with van der Waals surface area (Å²) in [4.78, 5) is 19.7. The molecule has 0 fully saturated rings. The van der Waals surface area contributed by atoms with E-state index in [0.717, 1.165) is 0 Å². The van der Waals surface area contributed by atoms with Crippen LogP contribution in [0.1, 0.15) is 0 Å². The lowest BCUT2D eigenvalue weighted by molar-refractivity contribution is 0.0366. The Hall–Kier alpha value is -1.58. The minimum absolute atomic E-state index is 0.0362. The molecule has 3 unspecified atom stereocenters. The molecular formula is C11H13N5O2S2. The van der Waals surface area contributed by atoms with E-state index in [-0.39, 0.29) is 23.7 Å². The van der Waals surface area contributed by atoms with Crippen LogP contribution in [0.4, 0.5) is 17.5 Å². The molecule has 3 atom stereocenters. The minimum Gasteiger partial charge on any atom is -0.369 e. The molecule has 5 N–H and O–H groups in total. The number of nitrogens with zero attached hydrogens (tertiary/aromatic N) is 1. The topological polar surface area (TPSA) is 105 Å². The second kappa shape index (κ2) is 4.76. The van der Waals surface area contributed by atoms with Gasteiger partial charge in [0.05, 0.1) is 0 Å². The molecule has 20 heavy (non-hydrogen) atoms. The van der Waals surface area contributed by atoms with E-state index in [2.05, 4.69) is 52.4 Å². The zero-order valence-corrected chi connectivity index (χ0v) is 12.0. The number of nitrogens with two attached hydrogens (primary N) is 1. The number of thiol groups is 2. The highest BCUT2D eigenvalue weighted by atomic mass is 32.1. The molecule has 0 aromatic carbocycles. The summed E-state index contributed by atoms with van der Waals surface area (Å²) in [5.41, 5.74) is 5.47. The predicted molar refractivity (Wildman–Crippen MR) is 84.2 cm³/mol. The van der Waals surface area contributed by atoms with E-state index in [1.807, 2.05) is 0 Å². The van der Waals surface area contributed by atoms with Gasteiger partial charge < -0.3 is 21.1 Å². The summed E-state index contributed by atoms with van der Waals surface area (Å²) >= 11 is 8.83. The van der Waals surface area contributed by atoms with Gasteiger partial charge in [-0.25, -0.2) is 0 Å². The Labute approximate surface area is 125 Å². The van der Waals surface area contributed by atoms with Crippen LogP contribution in [-0.4, -0.2) is 28.3 Å². The number of aromatic amines is 1. The van der Waals surface area contributed by atoms with Gasteiger partial charge in [-0.1, -0.05) is 6.08 Å². The maximum absolute atomic E-state index is 11.9. The number of anilines is 3. The fourth-order valence-electron chi connectivity index (χ4n) is 2.20. The number of ether oxygens (including phenoxy) is 1. The van der Waals surface area contributed by atoms with Crippen LogP contribution in [0.25, 0.3) is 0 Å². The second-order valence-corrected chi connectivity index (χ2v) is 5.39. The summed E-state index contributed by atoms with van der Waals surface area (Å²) in [6, 6.07) is -0.332. The highest BCUT2D eigenvalue weighted by Crippen LogP contribution is 2.36. The van der Waals surface area contributed by atoms with Crippen molar-refractivity contribution >= 4 is 42.7 Å². The molecule has 0 radical (unpaired) electrons. The van der Waals surface area contributed by atoms with Crippen LogP contribution in [0.3, 0.4) is 0 Å². The summed E-state index contributed by atoms with van der Waals surface area (Å²) in [5, 5.41) is 6.09. The zero-order chi connectivity index (χ0) is 14.4. The third-order valence-corrected chi connectivity index (χ3v) is 4.34. The van der Waals surface area contributed by atoms with Crippen LogP contribution in [0, 0.1) is 0 Å². The fraction of sp³-hybridized carbons (Fsp3) is 0.273. The third kappa shape index (κ3) is 1.98. The monoisotopic (exact) mass is 311 g/mol. The summed E-state index contributed by atoms with van der Waals surface area (Å²) in [7, 11) is 0. The Morgan fingerprint density at radius 3 is 2.80 bits per heavy atom. The smallest absolute Gasteiger partial charge is 0.277 e. The molecule has 7 nitrogen and oxygen atoms in total. The van der Waals surface area contributed by atoms with Crippen molar-refractivity contribution < 1.29 is 4.74 Å². The van der Waals surface area contributed by atoms with Crippen molar-refractivity contribution in [3.8, 4) is 0 Å². The summed E-state index contributed by atoms with van der Waals surface area (Å²) < 4.78 is 5.79. The molecule has 0 saturated carbocycles. The molecule has 0 aliphatic carbocycles. The number of rotatable bonds is 1. The van der Waals surface area contributed by atoms with Gasteiger partial charge >= 0.3 is 0 Å². The maximum Gasteiger partial charge on any atom is 0.277 e. The van der Waals surface area contributed by atoms with E-state index in [0.29, 0.717) is 21.3 Å². The molecule has 2 aliphatic rings. The lowest BCUT2D eigenvalue weighted by Gasteiger charge is -2.40. The van der Waals surface area contributed by atoms with Gasteiger partial charge in [-0.15, -0.1) is 31.8 Å². The van der Waals surface area contributed by atoms with Crippen LogP contribution < -0.4 is 21.9 Å². The molecule has 0 amide bonds. The summed E-state index contributed by atoms with van der Waals surface area (Å²) in [5.74, 6) is 0.383. The molecule has 9 heteroatoms. The minimum atomic E-state index is -0.442. The van der Waals surface area contributed by atoms with Gasteiger partial charge in [0.2, 0.25) is 5.95 Å². The molecule has 3 rings (SSSR count). The van der Waals surface area contributed by atoms with Gasteiger partial charge in [0, 0.05) is 9.81 Å². The van der Waals surface area contributed by atoms with Crippen molar-refractivity contribution in [3.63, 3.8) is 0 Å². The van der Waals surface area contributed by atoms with E-state index >= 15 is 0 Å². The number of H-pyrrole nitrogens is 1. The second-order valence-electron chi connectivity index (χ2n) is 4.42.